The average molecular weight is 1670 g/mol. The Balaban J connectivity index is 2.82. The summed E-state index contributed by atoms with van der Waals surface area (Å²) >= 11 is 0. The molecule has 0 bridgehead atoms. The molecule has 1 heterocycles. The summed E-state index contributed by atoms with van der Waals surface area (Å²) in [6.45, 7) is 17.0. The highest BCUT2D eigenvalue weighted by Crippen LogP contribution is 2.63. The van der Waals surface area contributed by atoms with Crippen LogP contribution in [-0.4, -0.2) is 153 Å². The zero-order valence-corrected chi connectivity index (χ0v) is 77.6. The molecule has 1 rings (SSSR count). The van der Waals surface area contributed by atoms with E-state index in [4.69, 9.17) is 51.9 Å². The monoisotopic (exact) mass is 1670 g/mol. The van der Waals surface area contributed by atoms with Gasteiger partial charge in [0.25, 0.3) is 0 Å². The SMILES string of the molecule is CCCCCCCCCCCCCCCCCCC(COCCOCCOCCOCCOCCOCCOCCOCCOCCC1COP(=O)(O)OP(=O)(O)O1)OC(CCCCCCCCCCCCCCCCCC)(CCCCCCCCCCCCCCCCCC)CCCCCCCCCCCCCCCCCC. The Hall–Kier alpha value is -0.140. The van der Waals surface area contributed by atoms with Crippen molar-refractivity contribution < 1.29 is 79.6 Å². The molecule has 0 spiro atoms. The molecule has 1 fully saturated rings. The highest BCUT2D eigenvalue weighted by molar-refractivity contribution is 7.61. The van der Waals surface area contributed by atoms with Gasteiger partial charge in [0.1, 0.15) is 0 Å². The molecule has 0 radical (unpaired) electrons. The van der Waals surface area contributed by atoms with Crippen LogP contribution in [0.4, 0.5) is 0 Å². The second kappa shape index (κ2) is 90.6. The lowest BCUT2D eigenvalue weighted by Gasteiger charge is -2.38. The van der Waals surface area contributed by atoms with Gasteiger partial charge in [0.15, 0.2) is 0 Å². The van der Waals surface area contributed by atoms with Crippen molar-refractivity contribution in [2.45, 2.75) is 489 Å². The molecule has 114 heavy (non-hydrogen) atoms. The zero-order chi connectivity index (χ0) is 82.1. The maximum Gasteiger partial charge on any atom is 0.481 e. The van der Waals surface area contributed by atoms with Gasteiger partial charge in [-0.2, -0.15) is 4.31 Å². The van der Waals surface area contributed by atoms with E-state index >= 15 is 0 Å². The van der Waals surface area contributed by atoms with E-state index in [1.165, 1.54) is 430 Å². The molecule has 17 nitrogen and oxygen atoms in total. The summed E-state index contributed by atoms with van der Waals surface area (Å²) < 4.78 is 97.0. The van der Waals surface area contributed by atoms with Gasteiger partial charge in [-0.05, 0) is 32.1 Å². The van der Waals surface area contributed by atoms with Crippen LogP contribution in [0.15, 0.2) is 0 Å². The summed E-state index contributed by atoms with van der Waals surface area (Å²) in [6, 6.07) is 0. The molecule has 2 N–H and O–H groups in total. The Morgan fingerprint density at radius 3 is 0.711 bits per heavy atom. The van der Waals surface area contributed by atoms with Gasteiger partial charge in [-0.1, -0.05) is 439 Å². The third kappa shape index (κ3) is 84.1. The normalized spacial score (nSPS) is 16.5. The fourth-order valence-corrected chi connectivity index (χ4v) is 18.2. The number of ether oxygens (including phenoxy) is 10. The number of phosphoric ester groups is 2. The highest BCUT2D eigenvalue weighted by Gasteiger charge is 2.41. The summed E-state index contributed by atoms with van der Waals surface area (Å²) in [5.41, 5.74) is -0.0758. The molecule has 0 aromatic heterocycles. The lowest BCUT2D eigenvalue weighted by atomic mass is 9.84. The van der Waals surface area contributed by atoms with Crippen molar-refractivity contribution in [3.05, 3.63) is 0 Å². The third-order valence-corrected chi connectivity index (χ3v) is 25.7. The van der Waals surface area contributed by atoms with E-state index in [-0.39, 0.29) is 37.9 Å². The molecule has 1 saturated heterocycles. The van der Waals surface area contributed by atoms with Gasteiger partial charge in [-0.25, -0.2) is 9.13 Å². The minimum atomic E-state index is -4.70. The Morgan fingerprint density at radius 1 is 0.272 bits per heavy atom. The molecule has 0 saturated carbocycles. The van der Waals surface area contributed by atoms with Crippen molar-refractivity contribution in [2.75, 3.05) is 126 Å². The van der Waals surface area contributed by atoms with E-state index in [1.807, 2.05) is 0 Å². The van der Waals surface area contributed by atoms with Crippen molar-refractivity contribution in [2.24, 2.45) is 0 Å². The maximum absolute atomic E-state index is 11.8. The van der Waals surface area contributed by atoms with Crippen LogP contribution in [0.1, 0.15) is 471 Å². The highest BCUT2D eigenvalue weighted by atomic mass is 31.3. The fourth-order valence-electron chi connectivity index (χ4n) is 15.9. The molecule has 0 amide bonds. The van der Waals surface area contributed by atoms with Gasteiger partial charge in [-0.3, -0.25) is 9.05 Å². The van der Waals surface area contributed by atoms with E-state index in [9.17, 15) is 18.9 Å². The predicted octanol–water partition coefficient (Wildman–Crippen LogP) is 28.9. The van der Waals surface area contributed by atoms with Crippen LogP contribution in [-0.2, 0) is 69.9 Å². The Labute approximate surface area is 705 Å². The van der Waals surface area contributed by atoms with Crippen molar-refractivity contribution in [1.82, 2.24) is 0 Å². The van der Waals surface area contributed by atoms with E-state index in [2.05, 4.69) is 36.5 Å². The summed E-state index contributed by atoms with van der Waals surface area (Å²) in [5, 5.41) is 0. The second-order valence-electron chi connectivity index (χ2n) is 34.0. The topological polar surface area (TPSA) is 195 Å². The first-order chi connectivity index (χ1) is 56.1. The largest absolute Gasteiger partial charge is 0.481 e. The molecule has 0 aromatic carbocycles. The van der Waals surface area contributed by atoms with Crippen LogP contribution in [0.25, 0.3) is 0 Å². The first-order valence-electron chi connectivity index (χ1n) is 49.7. The van der Waals surface area contributed by atoms with Crippen LogP contribution in [0, 0.1) is 0 Å². The lowest BCUT2D eigenvalue weighted by Crippen LogP contribution is -2.39. The number of unbranched alkanes of at least 4 members (excludes halogenated alkanes) is 60. The standard InChI is InChI=1S/C95H192O17P2/c1-5-9-13-17-21-25-29-33-37-41-45-49-53-57-61-65-69-93(91-108-90-89-107-88-87-106-86-85-105-84-83-104-82-81-103-80-79-102-78-77-101-76-75-100-74-70-94-92-109-113(96,97)112-114(98,99)111-94)110-95(71-66-62-58-54-50-46-42-38-34-30-26-22-18-14-10-6-2,72-67-63-59-55-51-47-43-39-35-31-27-23-19-15-11-7-3)73-68-64-60-56-52-48-44-40-36-32-28-24-20-16-12-8-4/h93-94H,5-92H2,1-4H3,(H,96,97)(H,98,99). The molecule has 684 valence electrons. The molecular formula is C95H192O17P2. The third-order valence-electron chi connectivity index (χ3n) is 23.0. The van der Waals surface area contributed by atoms with Crippen molar-refractivity contribution in [3.8, 4) is 0 Å². The van der Waals surface area contributed by atoms with Crippen LogP contribution in [0.3, 0.4) is 0 Å². The van der Waals surface area contributed by atoms with Crippen LogP contribution >= 0.6 is 15.6 Å². The number of hydrogen-bond donors (Lipinski definition) is 2. The predicted molar refractivity (Wildman–Crippen MR) is 478 cm³/mol. The van der Waals surface area contributed by atoms with Gasteiger partial charge < -0.3 is 57.2 Å². The van der Waals surface area contributed by atoms with Crippen molar-refractivity contribution in [1.29, 1.82) is 0 Å². The average Bonchev–Trinajstić information content (AvgIpc) is 1.74. The van der Waals surface area contributed by atoms with Crippen molar-refractivity contribution >= 4 is 15.6 Å². The van der Waals surface area contributed by atoms with E-state index in [0.717, 1.165) is 6.42 Å². The molecular weight excluding hydrogens is 1470 g/mol. The Bertz CT molecular complexity index is 1860. The van der Waals surface area contributed by atoms with Gasteiger partial charge in [-0.15, -0.1) is 0 Å². The molecule has 1 aliphatic rings. The van der Waals surface area contributed by atoms with E-state index < -0.39 is 21.7 Å². The fraction of sp³-hybridized carbons (Fsp3) is 1.00. The molecule has 0 aliphatic carbocycles. The smallest absolute Gasteiger partial charge is 0.379 e. The van der Waals surface area contributed by atoms with Crippen LogP contribution in [0.2, 0.25) is 0 Å². The quantitative estimate of drug-likeness (QED) is 0.0431. The molecule has 1 aliphatic heterocycles. The number of hydrogen-bond acceptors (Lipinski definition) is 15. The minimum absolute atomic E-state index is 0.0758. The van der Waals surface area contributed by atoms with Gasteiger partial charge in [0.2, 0.25) is 0 Å². The Kier molecular flexibility index (Phi) is 88.9. The van der Waals surface area contributed by atoms with Gasteiger partial charge in [0, 0.05) is 6.61 Å². The molecule has 4 atom stereocenters. The van der Waals surface area contributed by atoms with Crippen LogP contribution in [0.5, 0.6) is 0 Å². The van der Waals surface area contributed by atoms with Gasteiger partial charge >= 0.3 is 15.6 Å². The number of phosphoric acid groups is 2. The van der Waals surface area contributed by atoms with E-state index in [1.54, 1.807) is 0 Å². The van der Waals surface area contributed by atoms with Gasteiger partial charge in [0.05, 0.1) is 137 Å². The van der Waals surface area contributed by atoms with E-state index in [0.29, 0.717) is 106 Å². The summed E-state index contributed by atoms with van der Waals surface area (Å²) in [5.74, 6) is 0. The second-order valence-corrected chi connectivity index (χ2v) is 37.0. The molecule has 0 aromatic rings. The lowest BCUT2D eigenvalue weighted by molar-refractivity contribution is -0.138. The first-order valence-corrected chi connectivity index (χ1v) is 52.7. The summed E-state index contributed by atoms with van der Waals surface area (Å²) in [4.78, 5) is 18.9. The number of rotatable bonds is 99. The zero-order valence-electron chi connectivity index (χ0n) is 75.8. The summed E-state index contributed by atoms with van der Waals surface area (Å²) in [7, 11) is -9.34. The molecule has 19 heteroatoms. The molecule has 4 unspecified atom stereocenters. The summed E-state index contributed by atoms with van der Waals surface area (Å²) in [6.07, 6.45) is 93.6. The minimum Gasteiger partial charge on any atom is -0.379 e. The van der Waals surface area contributed by atoms with Crippen LogP contribution < -0.4 is 0 Å². The maximum atomic E-state index is 11.8. The first kappa shape index (κ1) is 112. The van der Waals surface area contributed by atoms with Crippen molar-refractivity contribution in [3.63, 3.8) is 0 Å². The Morgan fingerprint density at radius 2 is 0.474 bits per heavy atom.